The van der Waals surface area contributed by atoms with Crippen molar-refractivity contribution >= 4 is 10.8 Å². The highest BCUT2D eigenvalue weighted by atomic mass is 16.5. The van der Waals surface area contributed by atoms with Crippen LogP contribution in [0.5, 0.6) is 0 Å². The molecule has 1 unspecified atom stereocenters. The molecule has 0 aliphatic heterocycles. The molecule has 3 heteroatoms. The van der Waals surface area contributed by atoms with Crippen LogP contribution in [0.2, 0.25) is 0 Å². The Morgan fingerprint density at radius 1 is 1.17 bits per heavy atom. The summed E-state index contributed by atoms with van der Waals surface area (Å²) in [6, 6.07) is 14.9. The zero-order valence-corrected chi connectivity index (χ0v) is 10.7. The molecule has 0 aromatic heterocycles. The summed E-state index contributed by atoms with van der Waals surface area (Å²) in [5, 5.41) is 2.49. The van der Waals surface area contributed by atoms with Gasteiger partial charge in [-0.05, 0) is 35.7 Å². The molecule has 2 aromatic carbocycles. The number of hydrogen-bond acceptors (Lipinski definition) is 3. The van der Waals surface area contributed by atoms with E-state index in [2.05, 4.69) is 47.9 Å². The molecule has 0 heterocycles. The summed E-state index contributed by atoms with van der Waals surface area (Å²) in [5.74, 6) is 5.63. The molecule has 96 valence electrons. The van der Waals surface area contributed by atoms with Crippen molar-refractivity contribution in [3.63, 3.8) is 0 Å². The molecule has 18 heavy (non-hydrogen) atoms. The Balaban J connectivity index is 2.17. The third-order valence-electron chi connectivity index (χ3n) is 3.13. The van der Waals surface area contributed by atoms with Crippen molar-refractivity contribution in [2.75, 3.05) is 13.2 Å². The maximum Gasteiger partial charge on any atom is 0.0484 e. The molecule has 2 aromatic rings. The topological polar surface area (TPSA) is 47.3 Å². The van der Waals surface area contributed by atoms with Crippen molar-refractivity contribution in [2.24, 2.45) is 5.84 Å². The number of fused-ring (bicyclic) bond motifs is 1. The molecule has 1 atom stereocenters. The van der Waals surface area contributed by atoms with Crippen molar-refractivity contribution in [2.45, 2.75) is 19.4 Å². The van der Waals surface area contributed by atoms with Crippen LogP contribution in [0, 0.1) is 0 Å². The third-order valence-corrected chi connectivity index (χ3v) is 3.13. The number of hydrogen-bond donors (Lipinski definition) is 2. The molecule has 0 aliphatic rings. The predicted molar refractivity (Wildman–Crippen MR) is 75.1 cm³/mol. The molecule has 2 rings (SSSR count). The second-order valence-electron chi connectivity index (χ2n) is 4.31. The second kappa shape index (κ2) is 6.50. The molecule has 0 saturated heterocycles. The minimum absolute atomic E-state index is 0.140. The van der Waals surface area contributed by atoms with Gasteiger partial charge >= 0.3 is 0 Å². The smallest absolute Gasteiger partial charge is 0.0484 e. The van der Waals surface area contributed by atoms with E-state index >= 15 is 0 Å². The van der Waals surface area contributed by atoms with Crippen LogP contribution >= 0.6 is 0 Å². The fourth-order valence-electron chi connectivity index (χ4n) is 2.12. The number of nitrogens with one attached hydrogen (secondary N) is 1. The molecule has 0 bridgehead atoms. The largest absolute Gasteiger partial charge is 0.382 e. The minimum Gasteiger partial charge on any atom is -0.382 e. The lowest BCUT2D eigenvalue weighted by Gasteiger charge is -2.16. The normalized spacial score (nSPS) is 12.8. The summed E-state index contributed by atoms with van der Waals surface area (Å²) in [7, 11) is 0. The molecule has 0 fully saturated rings. The SMILES string of the molecule is CCOCCC(NN)c1ccc2ccccc2c1. The Morgan fingerprint density at radius 2 is 1.94 bits per heavy atom. The van der Waals surface area contributed by atoms with E-state index in [-0.39, 0.29) is 6.04 Å². The van der Waals surface area contributed by atoms with Crippen molar-refractivity contribution < 1.29 is 4.74 Å². The Labute approximate surface area is 108 Å². The molecule has 0 spiro atoms. The van der Waals surface area contributed by atoms with Crippen LogP contribution in [0.15, 0.2) is 42.5 Å². The highest BCUT2D eigenvalue weighted by Gasteiger charge is 2.09. The van der Waals surface area contributed by atoms with Crippen molar-refractivity contribution in [1.29, 1.82) is 0 Å². The van der Waals surface area contributed by atoms with Crippen LogP contribution in [-0.4, -0.2) is 13.2 Å². The van der Waals surface area contributed by atoms with E-state index in [0.29, 0.717) is 0 Å². The van der Waals surface area contributed by atoms with Crippen molar-refractivity contribution in [1.82, 2.24) is 5.43 Å². The van der Waals surface area contributed by atoms with Gasteiger partial charge in [0, 0.05) is 19.3 Å². The van der Waals surface area contributed by atoms with E-state index in [9.17, 15) is 0 Å². The van der Waals surface area contributed by atoms with Gasteiger partial charge in [0.15, 0.2) is 0 Å². The van der Waals surface area contributed by atoms with Crippen LogP contribution in [-0.2, 0) is 4.74 Å². The fraction of sp³-hybridized carbons (Fsp3) is 0.333. The lowest BCUT2D eigenvalue weighted by atomic mass is 10.0. The minimum atomic E-state index is 0.140. The number of ether oxygens (including phenoxy) is 1. The molecule has 3 N–H and O–H groups in total. The van der Waals surface area contributed by atoms with Crippen LogP contribution in [0.25, 0.3) is 10.8 Å². The van der Waals surface area contributed by atoms with Gasteiger partial charge in [0.05, 0.1) is 0 Å². The second-order valence-corrected chi connectivity index (χ2v) is 4.31. The van der Waals surface area contributed by atoms with Gasteiger partial charge in [-0.3, -0.25) is 11.3 Å². The van der Waals surface area contributed by atoms with Crippen LogP contribution in [0.3, 0.4) is 0 Å². The lowest BCUT2D eigenvalue weighted by molar-refractivity contribution is 0.136. The average Bonchev–Trinajstić information content (AvgIpc) is 2.43. The monoisotopic (exact) mass is 244 g/mol. The van der Waals surface area contributed by atoms with E-state index in [1.54, 1.807) is 0 Å². The Morgan fingerprint density at radius 3 is 2.67 bits per heavy atom. The molecule has 0 aliphatic carbocycles. The van der Waals surface area contributed by atoms with Gasteiger partial charge in [-0.1, -0.05) is 36.4 Å². The van der Waals surface area contributed by atoms with Gasteiger partial charge in [0.25, 0.3) is 0 Å². The predicted octanol–water partition coefficient (Wildman–Crippen LogP) is 2.77. The first-order chi connectivity index (χ1) is 8.85. The van der Waals surface area contributed by atoms with Crippen LogP contribution < -0.4 is 11.3 Å². The van der Waals surface area contributed by atoms with Gasteiger partial charge in [0.1, 0.15) is 0 Å². The molecular weight excluding hydrogens is 224 g/mol. The van der Waals surface area contributed by atoms with Gasteiger partial charge in [-0.25, -0.2) is 0 Å². The van der Waals surface area contributed by atoms with Gasteiger partial charge in [0.2, 0.25) is 0 Å². The number of benzene rings is 2. The molecule has 0 radical (unpaired) electrons. The first-order valence-corrected chi connectivity index (χ1v) is 6.37. The number of hydrazine groups is 1. The lowest BCUT2D eigenvalue weighted by Crippen LogP contribution is -2.29. The molecule has 0 amide bonds. The van der Waals surface area contributed by atoms with E-state index in [1.165, 1.54) is 16.3 Å². The molecular formula is C15H20N2O. The van der Waals surface area contributed by atoms with E-state index in [1.807, 2.05) is 6.92 Å². The molecule has 0 saturated carbocycles. The summed E-state index contributed by atoms with van der Waals surface area (Å²) in [6.07, 6.45) is 0.878. The standard InChI is InChI=1S/C15H20N2O/c1-2-18-10-9-15(17-16)14-8-7-12-5-3-4-6-13(12)11-14/h3-8,11,15,17H,2,9-10,16H2,1H3. The van der Waals surface area contributed by atoms with Crippen LogP contribution in [0.1, 0.15) is 24.9 Å². The fourth-order valence-corrected chi connectivity index (χ4v) is 2.12. The van der Waals surface area contributed by atoms with Gasteiger partial charge < -0.3 is 4.74 Å². The zero-order chi connectivity index (χ0) is 12.8. The highest BCUT2D eigenvalue weighted by molar-refractivity contribution is 5.83. The summed E-state index contributed by atoms with van der Waals surface area (Å²) < 4.78 is 5.38. The van der Waals surface area contributed by atoms with Gasteiger partial charge in [-0.15, -0.1) is 0 Å². The molecule has 3 nitrogen and oxygen atoms in total. The third kappa shape index (κ3) is 3.07. The summed E-state index contributed by atoms with van der Waals surface area (Å²) in [5.41, 5.74) is 4.07. The average molecular weight is 244 g/mol. The van der Waals surface area contributed by atoms with Crippen molar-refractivity contribution in [3.05, 3.63) is 48.0 Å². The first kappa shape index (κ1) is 13.0. The van der Waals surface area contributed by atoms with E-state index in [0.717, 1.165) is 19.6 Å². The van der Waals surface area contributed by atoms with Crippen molar-refractivity contribution in [3.8, 4) is 0 Å². The maximum absolute atomic E-state index is 5.63. The quantitative estimate of drug-likeness (QED) is 0.466. The van der Waals surface area contributed by atoms with E-state index in [4.69, 9.17) is 10.6 Å². The van der Waals surface area contributed by atoms with E-state index < -0.39 is 0 Å². The highest BCUT2D eigenvalue weighted by Crippen LogP contribution is 2.22. The summed E-state index contributed by atoms with van der Waals surface area (Å²) in [4.78, 5) is 0. The van der Waals surface area contributed by atoms with Gasteiger partial charge in [-0.2, -0.15) is 0 Å². The Hall–Kier alpha value is -1.42. The Bertz CT molecular complexity index is 499. The maximum atomic E-state index is 5.63. The zero-order valence-electron chi connectivity index (χ0n) is 10.7. The van der Waals surface area contributed by atoms with Crippen LogP contribution in [0.4, 0.5) is 0 Å². The summed E-state index contributed by atoms with van der Waals surface area (Å²) >= 11 is 0. The number of rotatable bonds is 6. The Kier molecular flexibility index (Phi) is 4.70. The summed E-state index contributed by atoms with van der Waals surface area (Å²) in [6.45, 7) is 3.47. The number of nitrogens with two attached hydrogens (primary N) is 1. The first-order valence-electron chi connectivity index (χ1n) is 6.37.